The summed E-state index contributed by atoms with van der Waals surface area (Å²) in [6.45, 7) is 4.14. The van der Waals surface area contributed by atoms with Crippen LogP contribution in [0.4, 0.5) is 4.39 Å². The number of aryl methyl sites for hydroxylation is 1. The van der Waals surface area contributed by atoms with Crippen LogP contribution in [-0.2, 0) is 10.2 Å². The van der Waals surface area contributed by atoms with Gasteiger partial charge in [-0.15, -0.1) is 0 Å². The number of Topliss-reactive ketones (excluding diaryl/α,β-unsaturated/α-hetero) is 1. The van der Waals surface area contributed by atoms with Crippen molar-refractivity contribution in [3.8, 4) is 0 Å². The number of fused-ring (bicyclic) bond motifs is 2. The number of ketones is 1. The fraction of sp³-hybridized carbons (Fsp3) is 0.562. The van der Waals surface area contributed by atoms with Crippen molar-refractivity contribution >= 4 is 5.78 Å². The summed E-state index contributed by atoms with van der Waals surface area (Å²) in [7, 11) is 0. The molecule has 2 heteroatoms. The molecule has 0 aromatic heterocycles. The van der Waals surface area contributed by atoms with Gasteiger partial charge in [0.05, 0.1) is 5.41 Å². The van der Waals surface area contributed by atoms with Crippen molar-refractivity contribution < 1.29 is 9.18 Å². The predicted molar refractivity (Wildman–Crippen MR) is 69.6 cm³/mol. The van der Waals surface area contributed by atoms with Gasteiger partial charge in [-0.3, -0.25) is 4.79 Å². The van der Waals surface area contributed by atoms with Crippen molar-refractivity contribution in [1.82, 2.24) is 0 Å². The summed E-state index contributed by atoms with van der Waals surface area (Å²) in [4.78, 5) is 12.3. The van der Waals surface area contributed by atoms with Crippen LogP contribution in [0.3, 0.4) is 0 Å². The van der Waals surface area contributed by atoms with Gasteiger partial charge < -0.3 is 0 Å². The maximum atomic E-state index is 14.6. The summed E-state index contributed by atoms with van der Waals surface area (Å²) in [6.07, 6.45) is 1.56. The monoisotopic (exact) mass is 246 g/mol. The molecule has 0 amide bonds. The molecule has 0 heterocycles. The van der Waals surface area contributed by atoms with Crippen LogP contribution in [0.1, 0.15) is 55.2 Å². The number of hydrogen-bond donors (Lipinski definition) is 0. The summed E-state index contributed by atoms with van der Waals surface area (Å²) >= 11 is 0. The average molecular weight is 246 g/mol. The molecule has 18 heavy (non-hydrogen) atoms. The minimum Gasteiger partial charge on any atom is -0.299 e. The fourth-order valence-corrected chi connectivity index (χ4v) is 4.03. The number of alkyl halides is 1. The molecule has 1 fully saturated rings. The Labute approximate surface area is 107 Å². The van der Waals surface area contributed by atoms with E-state index in [1.54, 1.807) is 0 Å². The maximum Gasteiger partial charge on any atom is 0.146 e. The van der Waals surface area contributed by atoms with E-state index < -0.39 is 11.6 Å². The van der Waals surface area contributed by atoms with E-state index in [1.165, 1.54) is 11.1 Å². The van der Waals surface area contributed by atoms with Gasteiger partial charge in [-0.2, -0.15) is 0 Å². The van der Waals surface area contributed by atoms with Crippen LogP contribution in [0, 0.1) is 6.92 Å². The van der Waals surface area contributed by atoms with Gasteiger partial charge in [-0.25, -0.2) is 4.39 Å². The summed E-state index contributed by atoms with van der Waals surface area (Å²) < 4.78 is 14.6. The molecule has 0 saturated heterocycles. The van der Waals surface area contributed by atoms with Crippen molar-refractivity contribution in [2.75, 3.05) is 0 Å². The summed E-state index contributed by atoms with van der Waals surface area (Å²) in [5, 5.41) is 0. The molecule has 0 radical (unpaired) electrons. The molecular weight excluding hydrogens is 227 g/mol. The van der Waals surface area contributed by atoms with Crippen molar-refractivity contribution in [3.05, 3.63) is 34.9 Å². The van der Waals surface area contributed by atoms with Crippen LogP contribution in [-0.4, -0.2) is 12.0 Å². The fourth-order valence-electron chi connectivity index (χ4n) is 4.03. The van der Waals surface area contributed by atoms with Crippen LogP contribution in [0.25, 0.3) is 0 Å². The number of carbonyl (C=O) groups is 1. The van der Waals surface area contributed by atoms with Crippen LogP contribution < -0.4 is 0 Å². The zero-order chi connectivity index (χ0) is 12.9. The minimum atomic E-state index is -1.00. The molecule has 96 valence electrons. The first kappa shape index (κ1) is 11.9. The SMILES string of the molecule is Cc1cccc2c1[C@H](C)C[C@@H](F)[C@]21CCCC1=O. The Morgan fingerprint density at radius 2 is 2.17 bits per heavy atom. The van der Waals surface area contributed by atoms with E-state index in [9.17, 15) is 9.18 Å². The molecule has 0 N–H and O–H groups in total. The molecule has 1 spiro atoms. The largest absolute Gasteiger partial charge is 0.299 e. The van der Waals surface area contributed by atoms with E-state index in [1.807, 2.05) is 12.1 Å². The van der Waals surface area contributed by atoms with Gasteiger partial charge in [0.25, 0.3) is 0 Å². The van der Waals surface area contributed by atoms with Gasteiger partial charge >= 0.3 is 0 Å². The quantitative estimate of drug-likeness (QED) is 0.680. The van der Waals surface area contributed by atoms with Crippen molar-refractivity contribution in [3.63, 3.8) is 0 Å². The van der Waals surface area contributed by atoms with E-state index >= 15 is 0 Å². The zero-order valence-corrected chi connectivity index (χ0v) is 11.0. The van der Waals surface area contributed by atoms with Crippen molar-refractivity contribution in [2.45, 2.75) is 57.0 Å². The Kier molecular flexibility index (Phi) is 2.58. The molecular formula is C16H19FO. The summed E-state index contributed by atoms with van der Waals surface area (Å²) in [6, 6.07) is 6.01. The van der Waals surface area contributed by atoms with Crippen molar-refractivity contribution in [2.24, 2.45) is 0 Å². The first-order valence-corrected chi connectivity index (χ1v) is 6.84. The molecule has 1 aromatic carbocycles. The molecule has 3 atom stereocenters. The van der Waals surface area contributed by atoms with E-state index in [0.29, 0.717) is 19.3 Å². The number of halogens is 1. The van der Waals surface area contributed by atoms with Crippen LogP contribution in [0.2, 0.25) is 0 Å². The molecule has 2 aliphatic rings. The van der Waals surface area contributed by atoms with Gasteiger partial charge in [0.15, 0.2) is 0 Å². The van der Waals surface area contributed by atoms with Gasteiger partial charge in [0.1, 0.15) is 12.0 Å². The molecule has 0 bridgehead atoms. The zero-order valence-electron chi connectivity index (χ0n) is 11.0. The van der Waals surface area contributed by atoms with Crippen LogP contribution >= 0.6 is 0 Å². The lowest BCUT2D eigenvalue weighted by atomic mass is 9.63. The molecule has 1 saturated carbocycles. The Hall–Kier alpha value is -1.18. The van der Waals surface area contributed by atoms with Gasteiger partial charge in [0.2, 0.25) is 0 Å². The third-order valence-electron chi connectivity index (χ3n) is 4.87. The van der Waals surface area contributed by atoms with Crippen LogP contribution in [0.15, 0.2) is 18.2 Å². The van der Waals surface area contributed by atoms with Crippen LogP contribution in [0.5, 0.6) is 0 Å². The highest BCUT2D eigenvalue weighted by molar-refractivity contribution is 5.93. The molecule has 0 aliphatic heterocycles. The Balaban J connectivity index is 2.26. The first-order valence-electron chi connectivity index (χ1n) is 6.84. The molecule has 2 aliphatic carbocycles. The van der Waals surface area contributed by atoms with Gasteiger partial charge in [0, 0.05) is 6.42 Å². The summed E-state index contributed by atoms with van der Waals surface area (Å²) in [5.41, 5.74) is 2.59. The first-order chi connectivity index (χ1) is 8.57. The lowest BCUT2D eigenvalue weighted by molar-refractivity contribution is -0.125. The number of carbonyl (C=O) groups excluding carboxylic acids is 1. The highest BCUT2D eigenvalue weighted by Gasteiger charge is 2.54. The molecule has 3 rings (SSSR count). The lowest BCUT2D eigenvalue weighted by Crippen LogP contribution is -2.45. The topological polar surface area (TPSA) is 17.1 Å². The Morgan fingerprint density at radius 3 is 2.83 bits per heavy atom. The predicted octanol–water partition coefficient (Wildman–Crippen LogP) is 3.83. The van der Waals surface area contributed by atoms with E-state index in [-0.39, 0.29) is 11.7 Å². The molecule has 0 unspecified atom stereocenters. The third kappa shape index (κ3) is 1.35. The lowest BCUT2D eigenvalue weighted by Gasteiger charge is -2.41. The van der Waals surface area contributed by atoms with Gasteiger partial charge in [-0.05, 0) is 48.8 Å². The highest BCUT2D eigenvalue weighted by atomic mass is 19.1. The van der Waals surface area contributed by atoms with E-state index in [0.717, 1.165) is 12.0 Å². The van der Waals surface area contributed by atoms with E-state index in [2.05, 4.69) is 19.9 Å². The summed E-state index contributed by atoms with van der Waals surface area (Å²) in [5.74, 6) is 0.337. The Bertz CT molecular complexity index is 508. The van der Waals surface area contributed by atoms with Gasteiger partial charge in [-0.1, -0.05) is 25.1 Å². The smallest absolute Gasteiger partial charge is 0.146 e. The number of hydrogen-bond acceptors (Lipinski definition) is 1. The second-order valence-electron chi connectivity index (χ2n) is 5.89. The molecule has 1 aromatic rings. The highest BCUT2D eigenvalue weighted by Crippen LogP contribution is 2.51. The normalized spacial score (nSPS) is 34.9. The minimum absolute atomic E-state index is 0.119. The maximum absolute atomic E-state index is 14.6. The third-order valence-corrected chi connectivity index (χ3v) is 4.87. The standard InChI is InChI=1S/C16H19FO/c1-10-5-3-6-12-15(10)11(2)9-13(17)16(12)8-4-7-14(16)18/h3,5-6,11,13H,4,7-9H2,1-2H3/t11-,13-,16+/m1/s1. The molecule has 1 nitrogen and oxygen atoms in total. The number of rotatable bonds is 0. The second-order valence-corrected chi connectivity index (χ2v) is 5.89. The number of benzene rings is 1. The second kappa shape index (κ2) is 3.91. The van der Waals surface area contributed by atoms with Crippen molar-refractivity contribution in [1.29, 1.82) is 0 Å². The average Bonchev–Trinajstić information content (AvgIpc) is 2.69. The Morgan fingerprint density at radius 1 is 1.39 bits per heavy atom. The van der Waals surface area contributed by atoms with E-state index in [4.69, 9.17) is 0 Å².